The summed E-state index contributed by atoms with van der Waals surface area (Å²) < 4.78 is 1.45. The maximum Gasteiger partial charge on any atom is 0.333 e. The normalized spacial score (nSPS) is 10.8. The molecule has 0 saturated carbocycles. The van der Waals surface area contributed by atoms with Crippen molar-refractivity contribution in [2.75, 3.05) is 5.73 Å². The summed E-state index contributed by atoms with van der Waals surface area (Å²) >= 11 is 0. The lowest BCUT2D eigenvalue weighted by molar-refractivity contribution is -0.384. The first kappa shape index (κ1) is 9.50. The zero-order chi connectivity index (χ0) is 10.2. The van der Waals surface area contributed by atoms with Gasteiger partial charge in [-0.15, -0.1) is 0 Å². The average Bonchev–Trinajstić information content (AvgIpc) is 2.26. The van der Waals surface area contributed by atoms with Crippen molar-refractivity contribution in [1.29, 1.82) is 0 Å². The molecule has 0 aliphatic rings. The molecular formula is C7H12N4O2. The predicted molar refractivity (Wildman–Crippen MR) is 48.4 cm³/mol. The van der Waals surface area contributed by atoms with Gasteiger partial charge in [0.1, 0.15) is 5.69 Å². The number of hydrogen-bond acceptors (Lipinski definition) is 4. The van der Waals surface area contributed by atoms with Crippen molar-refractivity contribution in [2.24, 2.45) is 0 Å². The Hall–Kier alpha value is -1.59. The van der Waals surface area contributed by atoms with Crippen molar-refractivity contribution in [3.63, 3.8) is 0 Å². The maximum absolute atomic E-state index is 10.6. The molecule has 6 heteroatoms. The van der Waals surface area contributed by atoms with Gasteiger partial charge >= 0.3 is 5.69 Å². The fraction of sp³-hybridized carbons (Fsp3) is 0.571. The van der Waals surface area contributed by atoms with Crippen LogP contribution in [-0.4, -0.2) is 14.7 Å². The van der Waals surface area contributed by atoms with E-state index in [1.54, 1.807) is 6.92 Å². The Labute approximate surface area is 75.5 Å². The first-order valence-corrected chi connectivity index (χ1v) is 3.94. The van der Waals surface area contributed by atoms with E-state index < -0.39 is 4.92 Å². The molecule has 0 bridgehead atoms. The summed E-state index contributed by atoms with van der Waals surface area (Å²) in [6.45, 7) is 5.31. The van der Waals surface area contributed by atoms with Gasteiger partial charge in [0.15, 0.2) is 0 Å². The van der Waals surface area contributed by atoms with Crippen LogP contribution in [0, 0.1) is 17.0 Å². The van der Waals surface area contributed by atoms with Gasteiger partial charge in [-0.2, -0.15) is 5.10 Å². The molecule has 2 N–H and O–H groups in total. The Morgan fingerprint density at radius 3 is 2.38 bits per heavy atom. The SMILES string of the molecule is Cc1nn(C(C)C)c(N)c1[N+](=O)[O-]. The number of nitrogens with zero attached hydrogens (tertiary/aromatic N) is 3. The number of nitrogens with two attached hydrogens (primary N) is 1. The summed E-state index contributed by atoms with van der Waals surface area (Å²) in [4.78, 5) is 10.0. The lowest BCUT2D eigenvalue weighted by atomic mass is 10.4. The molecule has 0 saturated heterocycles. The van der Waals surface area contributed by atoms with Gasteiger partial charge in [0.05, 0.1) is 4.92 Å². The van der Waals surface area contributed by atoms with Crippen molar-refractivity contribution >= 4 is 11.5 Å². The molecule has 0 unspecified atom stereocenters. The molecular weight excluding hydrogens is 172 g/mol. The highest BCUT2D eigenvalue weighted by molar-refractivity contribution is 5.56. The third-order valence-electron chi connectivity index (χ3n) is 1.76. The molecule has 1 heterocycles. The van der Waals surface area contributed by atoms with Crippen LogP contribution in [-0.2, 0) is 0 Å². The van der Waals surface area contributed by atoms with Crippen molar-refractivity contribution in [1.82, 2.24) is 9.78 Å². The Balaban J connectivity index is 3.30. The van der Waals surface area contributed by atoms with Crippen molar-refractivity contribution in [3.8, 4) is 0 Å². The van der Waals surface area contributed by atoms with Gasteiger partial charge in [-0.1, -0.05) is 0 Å². The third kappa shape index (κ3) is 1.47. The van der Waals surface area contributed by atoms with Crippen LogP contribution in [0.1, 0.15) is 25.6 Å². The van der Waals surface area contributed by atoms with Crippen molar-refractivity contribution < 1.29 is 4.92 Å². The number of anilines is 1. The van der Waals surface area contributed by atoms with Gasteiger partial charge < -0.3 is 5.73 Å². The third-order valence-corrected chi connectivity index (χ3v) is 1.76. The summed E-state index contributed by atoms with van der Waals surface area (Å²) in [6.07, 6.45) is 0. The van der Waals surface area contributed by atoms with Crippen molar-refractivity contribution in [3.05, 3.63) is 15.8 Å². The molecule has 1 aromatic heterocycles. The molecule has 1 rings (SSSR count). The van der Waals surface area contributed by atoms with E-state index in [4.69, 9.17) is 5.73 Å². The standard InChI is InChI=1S/C7H12N4O2/c1-4(2)10-7(8)6(11(12)13)5(3)9-10/h4H,8H2,1-3H3. The quantitative estimate of drug-likeness (QED) is 0.553. The van der Waals surface area contributed by atoms with Gasteiger partial charge in [-0.05, 0) is 20.8 Å². The van der Waals surface area contributed by atoms with E-state index in [-0.39, 0.29) is 17.5 Å². The van der Waals surface area contributed by atoms with E-state index in [0.29, 0.717) is 5.69 Å². The minimum Gasteiger partial charge on any atom is -0.378 e. The van der Waals surface area contributed by atoms with E-state index in [1.165, 1.54) is 4.68 Å². The summed E-state index contributed by atoms with van der Waals surface area (Å²) in [5.74, 6) is 0.123. The van der Waals surface area contributed by atoms with Crippen LogP contribution < -0.4 is 5.73 Å². The zero-order valence-corrected chi connectivity index (χ0v) is 7.81. The van der Waals surface area contributed by atoms with Crippen LogP contribution >= 0.6 is 0 Å². The minimum atomic E-state index is -0.503. The van der Waals surface area contributed by atoms with Gasteiger partial charge in [0.2, 0.25) is 5.82 Å². The highest BCUT2D eigenvalue weighted by atomic mass is 16.6. The average molecular weight is 184 g/mol. The number of aryl methyl sites for hydroxylation is 1. The molecule has 0 atom stereocenters. The number of aromatic nitrogens is 2. The van der Waals surface area contributed by atoms with E-state index in [9.17, 15) is 10.1 Å². The summed E-state index contributed by atoms with van der Waals surface area (Å²) in [5.41, 5.74) is 5.83. The molecule has 13 heavy (non-hydrogen) atoms. The number of hydrogen-bond donors (Lipinski definition) is 1. The summed E-state index contributed by atoms with van der Waals surface area (Å²) in [6, 6.07) is 0.0346. The lowest BCUT2D eigenvalue weighted by Gasteiger charge is -2.05. The second-order valence-corrected chi connectivity index (χ2v) is 3.11. The fourth-order valence-electron chi connectivity index (χ4n) is 1.18. The van der Waals surface area contributed by atoms with Crippen LogP contribution in [0.2, 0.25) is 0 Å². The molecule has 1 aromatic rings. The van der Waals surface area contributed by atoms with Crippen LogP contribution in [0.5, 0.6) is 0 Å². The molecule has 0 aliphatic heterocycles. The van der Waals surface area contributed by atoms with E-state index in [1.807, 2.05) is 13.8 Å². The zero-order valence-electron chi connectivity index (χ0n) is 7.81. The topological polar surface area (TPSA) is 87.0 Å². The second kappa shape index (κ2) is 3.04. The smallest absolute Gasteiger partial charge is 0.333 e. The summed E-state index contributed by atoms with van der Waals surface area (Å²) in [5, 5.41) is 14.5. The monoisotopic (exact) mass is 184 g/mol. The molecule has 72 valence electrons. The van der Waals surface area contributed by atoms with E-state index >= 15 is 0 Å². The number of nitrogen functional groups attached to an aromatic ring is 1. The van der Waals surface area contributed by atoms with Gasteiger partial charge in [-0.3, -0.25) is 10.1 Å². The number of rotatable bonds is 2. The Morgan fingerprint density at radius 1 is 1.62 bits per heavy atom. The molecule has 0 spiro atoms. The molecule has 0 aromatic carbocycles. The number of nitro groups is 1. The fourth-order valence-corrected chi connectivity index (χ4v) is 1.18. The largest absolute Gasteiger partial charge is 0.378 e. The highest BCUT2D eigenvalue weighted by Crippen LogP contribution is 2.27. The van der Waals surface area contributed by atoms with Crippen LogP contribution in [0.25, 0.3) is 0 Å². The van der Waals surface area contributed by atoms with Gasteiger partial charge in [-0.25, -0.2) is 4.68 Å². The molecule has 0 fully saturated rings. The molecule has 0 radical (unpaired) electrons. The van der Waals surface area contributed by atoms with Crippen LogP contribution in [0.3, 0.4) is 0 Å². The van der Waals surface area contributed by atoms with Crippen LogP contribution in [0.15, 0.2) is 0 Å². The molecule has 0 amide bonds. The van der Waals surface area contributed by atoms with E-state index in [2.05, 4.69) is 5.10 Å². The van der Waals surface area contributed by atoms with Crippen LogP contribution in [0.4, 0.5) is 11.5 Å². The predicted octanol–water partition coefficient (Wildman–Crippen LogP) is 1.26. The Morgan fingerprint density at radius 2 is 2.15 bits per heavy atom. The lowest BCUT2D eigenvalue weighted by Crippen LogP contribution is -2.07. The second-order valence-electron chi connectivity index (χ2n) is 3.11. The van der Waals surface area contributed by atoms with Gasteiger partial charge in [0.25, 0.3) is 0 Å². The first-order chi connectivity index (χ1) is 5.95. The van der Waals surface area contributed by atoms with Gasteiger partial charge in [0, 0.05) is 6.04 Å². The minimum absolute atomic E-state index is 0.0346. The van der Waals surface area contributed by atoms with E-state index in [0.717, 1.165) is 0 Å². The Kier molecular flexibility index (Phi) is 2.22. The first-order valence-electron chi connectivity index (χ1n) is 3.94. The molecule has 6 nitrogen and oxygen atoms in total. The van der Waals surface area contributed by atoms with Crippen molar-refractivity contribution in [2.45, 2.75) is 26.8 Å². The summed E-state index contributed by atoms with van der Waals surface area (Å²) in [7, 11) is 0. The highest BCUT2D eigenvalue weighted by Gasteiger charge is 2.23. The molecule has 0 aliphatic carbocycles. The Bertz CT molecular complexity index is 343. The maximum atomic E-state index is 10.6.